The zero-order chi connectivity index (χ0) is 11.5. The SMILES string of the molecule is C=Cc1ccc(/C=C\C(=C)C)n1CC1CC1. The number of hydrogen-bond acceptors (Lipinski definition) is 0. The van der Waals surface area contributed by atoms with Crippen LogP contribution in [0.3, 0.4) is 0 Å². The minimum absolute atomic E-state index is 0.878. The van der Waals surface area contributed by atoms with Crippen molar-refractivity contribution >= 4 is 12.2 Å². The third kappa shape index (κ3) is 2.54. The number of aromatic nitrogens is 1. The fraction of sp³-hybridized carbons (Fsp3) is 0.333. The fourth-order valence-electron chi connectivity index (χ4n) is 1.82. The largest absolute Gasteiger partial charge is 0.341 e. The maximum Gasteiger partial charge on any atom is 0.0411 e. The van der Waals surface area contributed by atoms with Gasteiger partial charge >= 0.3 is 0 Å². The molecule has 0 atom stereocenters. The van der Waals surface area contributed by atoms with Gasteiger partial charge in [0.2, 0.25) is 0 Å². The van der Waals surface area contributed by atoms with Crippen LogP contribution in [0.2, 0.25) is 0 Å². The van der Waals surface area contributed by atoms with Gasteiger partial charge in [0, 0.05) is 17.9 Å². The highest BCUT2D eigenvalue weighted by Gasteiger charge is 2.22. The van der Waals surface area contributed by atoms with E-state index in [9.17, 15) is 0 Å². The molecule has 0 aromatic carbocycles. The molecule has 0 spiro atoms. The molecular weight excluding hydrogens is 194 g/mol. The lowest BCUT2D eigenvalue weighted by Gasteiger charge is -2.08. The molecular formula is C15H19N. The van der Waals surface area contributed by atoms with Crippen LogP contribution in [0.1, 0.15) is 31.2 Å². The van der Waals surface area contributed by atoms with E-state index in [0.29, 0.717) is 0 Å². The van der Waals surface area contributed by atoms with Crippen LogP contribution in [0.15, 0.2) is 36.9 Å². The van der Waals surface area contributed by atoms with Gasteiger partial charge in [-0.05, 0) is 50.0 Å². The Labute approximate surface area is 97.8 Å². The Morgan fingerprint density at radius 1 is 1.44 bits per heavy atom. The minimum Gasteiger partial charge on any atom is -0.341 e. The second-order valence-corrected chi connectivity index (χ2v) is 4.62. The summed E-state index contributed by atoms with van der Waals surface area (Å²) in [6, 6.07) is 4.28. The lowest BCUT2D eigenvalue weighted by molar-refractivity contribution is 0.622. The maximum absolute atomic E-state index is 3.88. The lowest BCUT2D eigenvalue weighted by Crippen LogP contribution is -2.03. The molecule has 1 heteroatoms. The fourth-order valence-corrected chi connectivity index (χ4v) is 1.82. The standard InChI is InChI=1S/C15H19N/c1-4-14-9-10-15(8-5-12(2)3)16(14)11-13-6-7-13/h4-5,8-10,13H,1-2,6-7,11H2,3H3/b8-5-. The summed E-state index contributed by atoms with van der Waals surface area (Å²) in [6.45, 7) is 10.9. The van der Waals surface area contributed by atoms with Crippen LogP contribution in [0.5, 0.6) is 0 Å². The van der Waals surface area contributed by atoms with E-state index in [1.165, 1.54) is 24.2 Å². The Morgan fingerprint density at radius 3 is 2.69 bits per heavy atom. The van der Waals surface area contributed by atoms with E-state index in [1.807, 2.05) is 13.0 Å². The van der Waals surface area contributed by atoms with Crippen LogP contribution in [0.4, 0.5) is 0 Å². The third-order valence-electron chi connectivity index (χ3n) is 2.93. The van der Waals surface area contributed by atoms with Gasteiger partial charge in [0.1, 0.15) is 0 Å². The molecule has 1 fully saturated rings. The summed E-state index contributed by atoms with van der Waals surface area (Å²) in [6.07, 6.45) is 8.88. The Morgan fingerprint density at radius 2 is 2.12 bits per heavy atom. The van der Waals surface area contributed by atoms with E-state index < -0.39 is 0 Å². The summed E-state index contributed by atoms with van der Waals surface area (Å²) in [5.74, 6) is 0.878. The van der Waals surface area contributed by atoms with Crippen molar-refractivity contribution in [1.82, 2.24) is 4.57 Å². The average Bonchev–Trinajstić information content (AvgIpc) is 2.96. The van der Waals surface area contributed by atoms with Crippen LogP contribution in [0.25, 0.3) is 12.2 Å². The van der Waals surface area contributed by atoms with Crippen LogP contribution in [-0.4, -0.2) is 4.57 Å². The molecule has 2 rings (SSSR count). The molecule has 0 N–H and O–H groups in total. The van der Waals surface area contributed by atoms with Gasteiger partial charge in [-0.2, -0.15) is 0 Å². The van der Waals surface area contributed by atoms with Gasteiger partial charge in [-0.25, -0.2) is 0 Å². The van der Waals surface area contributed by atoms with E-state index in [0.717, 1.165) is 18.0 Å². The maximum atomic E-state index is 3.88. The molecule has 0 radical (unpaired) electrons. The highest BCUT2D eigenvalue weighted by molar-refractivity contribution is 5.55. The van der Waals surface area contributed by atoms with Gasteiger partial charge in [0.25, 0.3) is 0 Å². The van der Waals surface area contributed by atoms with Crippen molar-refractivity contribution < 1.29 is 0 Å². The van der Waals surface area contributed by atoms with E-state index in [1.54, 1.807) is 0 Å². The molecule has 0 unspecified atom stereocenters. The summed E-state index contributed by atoms with van der Waals surface area (Å²) in [7, 11) is 0. The van der Waals surface area contributed by atoms with Crippen molar-refractivity contribution in [1.29, 1.82) is 0 Å². The van der Waals surface area contributed by atoms with E-state index >= 15 is 0 Å². The lowest BCUT2D eigenvalue weighted by atomic mass is 10.3. The topological polar surface area (TPSA) is 4.93 Å². The molecule has 0 aliphatic heterocycles. The first-order chi connectivity index (χ1) is 7.70. The van der Waals surface area contributed by atoms with Crippen LogP contribution < -0.4 is 0 Å². The average molecular weight is 213 g/mol. The highest BCUT2D eigenvalue weighted by atomic mass is 15.0. The van der Waals surface area contributed by atoms with E-state index in [2.05, 4.69) is 42.0 Å². The summed E-state index contributed by atoms with van der Waals surface area (Å²) >= 11 is 0. The Bertz CT molecular complexity index is 430. The van der Waals surface area contributed by atoms with Crippen molar-refractivity contribution in [3.63, 3.8) is 0 Å². The normalized spacial score (nSPS) is 15.6. The number of hydrogen-bond donors (Lipinski definition) is 0. The monoisotopic (exact) mass is 213 g/mol. The Kier molecular flexibility index (Phi) is 3.14. The zero-order valence-corrected chi connectivity index (χ0v) is 9.95. The second-order valence-electron chi connectivity index (χ2n) is 4.62. The first-order valence-electron chi connectivity index (χ1n) is 5.86. The van der Waals surface area contributed by atoms with Crippen molar-refractivity contribution in [2.75, 3.05) is 0 Å². The second kappa shape index (κ2) is 4.56. The third-order valence-corrected chi connectivity index (χ3v) is 2.93. The number of allylic oxidation sites excluding steroid dienone is 2. The summed E-state index contributed by atoms with van der Waals surface area (Å²) in [4.78, 5) is 0. The van der Waals surface area contributed by atoms with Crippen molar-refractivity contribution in [2.24, 2.45) is 5.92 Å². The van der Waals surface area contributed by atoms with Crippen molar-refractivity contribution in [2.45, 2.75) is 26.3 Å². The van der Waals surface area contributed by atoms with Gasteiger partial charge in [-0.3, -0.25) is 0 Å². The zero-order valence-electron chi connectivity index (χ0n) is 9.95. The molecule has 1 aromatic rings. The van der Waals surface area contributed by atoms with Crippen LogP contribution in [-0.2, 0) is 6.54 Å². The minimum atomic E-state index is 0.878. The number of nitrogens with zero attached hydrogens (tertiary/aromatic N) is 1. The molecule has 84 valence electrons. The van der Waals surface area contributed by atoms with E-state index in [4.69, 9.17) is 0 Å². The smallest absolute Gasteiger partial charge is 0.0411 e. The van der Waals surface area contributed by atoms with Gasteiger partial charge < -0.3 is 4.57 Å². The highest BCUT2D eigenvalue weighted by Crippen LogP contribution is 2.32. The van der Waals surface area contributed by atoms with Gasteiger partial charge in [0.05, 0.1) is 0 Å². The summed E-state index contributed by atoms with van der Waals surface area (Å²) in [5.41, 5.74) is 3.55. The molecule has 1 saturated carbocycles. The quantitative estimate of drug-likeness (QED) is 0.648. The molecule has 1 heterocycles. The van der Waals surface area contributed by atoms with E-state index in [-0.39, 0.29) is 0 Å². The molecule has 0 bridgehead atoms. The number of rotatable bonds is 5. The van der Waals surface area contributed by atoms with Crippen LogP contribution in [0, 0.1) is 5.92 Å². The van der Waals surface area contributed by atoms with Crippen molar-refractivity contribution in [3.8, 4) is 0 Å². The molecule has 1 aromatic heterocycles. The molecule has 1 nitrogen and oxygen atoms in total. The Balaban J connectivity index is 2.24. The van der Waals surface area contributed by atoms with Crippen molar-refractivity contribution in [3.05, 3.63) is 48.3 Å². The van der Waals surface area contributed by atoms with Crippen LogP contribution >= 0.6 is 0 Å². The molecule has 1 aliphatic rings. The Hall–Kier alpha value is -1.50. The summed E-state index contributed by atoms with van der Waals surface area (Å²) in [5, 5.41) is 0. The molecule has 16 heavy (non-hydrogen) atoms. The van der Waals surface area contributed by atoms with Gasteiger partial charge in [-0.15, -0.1) is 0 Å². The van der Waals surface area contributed by atoms with Gasteiger partial charge in [0.15, 0.2) is 0 Å². The molecule has 1 aliphatic carbocycles. The first-order valence-corrected chi connectivity index (χ1v) is 5.86. The predicted octanol–water partition coefficient (Wildman–Crippen LogP) is 4.13. The predicted molar refractivity (Wildman–Crippen MR) is 71.1 cm³/mol. The molecule has 0 amide bonds. The molecule has 0 saturated heterocycles. The summed E-state index contributed by atoms with van der Waals surface area (Å²) < 4.78 is 2.35. The van der Waals surface area contributed by atoms with Gasteiger partial charge in [-0.1, -0.05) is 24.8 Å². The first kappa shape index (κ1) is 11.0.